The van der Waals surface area contributed by atoms with Crippen LogP contribution < -0.4 is 0 Å². The summed E-state index contributed by atoms with van der Waals surface area (Å²) in [5.74, 6) is 0. The first-order valence-corrected chi connectivity index (χ1v) is 11.7. The second kappa shape index (κ2) is 8.84. The van der Waals surface area contributed by atoms with E-state index in [-0.39, 0.29) is 0 Å². The average Bonchev–Trinajstić information content (AvgIpc) is 2.92. The summed E-state index contributed by atoms with van der Waals surface area (Å²) in [5, 5.41) is 5.06. The summed E-state index contributed by atoms with van der Waals surface area (Å²) in [7, 11) is 0. The Hall–Kier alpha value is -4.42. The van der Waals surface area contributed by atoms with Crippen molar-refractivity contribution in [3.8, 4) is 11.1 Å². The summed E-state index contributed by atoms with van der Waals surface area (Å²) in [6, 6.07) is 50.0. The van der Waals surface area contributed by atoms with E-state index in [0.29, 0.717) is 0 Å². The summed E-state index contributed by atoms with van der Waals surface area (Å²) in [5.41, 5.74) is 7.34. The van der Waals surface area contributed by atoms with Gasteiger partial charge in [0.05, 0.1) is 0 Å². The molecule has 0 aliphatic carbocycles. The van der Waals surface area contributed by atoms with Gasteiger partial charge in [0.25, 0.3) is 0 Å². The standard InChI is InChI=1S/C34H24/c1-2-10-29(11-3-1)34(33-21-19-27-9-5-7-13-31(27)24-33)22-25-14-16-28(17-15-25)32-20-18-26-8-4-6-12-30(26)23-32/h1-24H. The molecule has 6 aromatic rings. The molecule has 0 saturated heterocycles. The monoisotopic (exact) mass is 432 g/mol. The molecule has 0 aromatic heterocycles. The molecule has 160 valence electrons. The first kappa shape index (κ1) is 20.2. The Kier molecular flexibility index (Phi) is 5.26. The molecule has 0 radical (unpaired) electrons. The summed E-state index contributed by atoms with van der Waals surface area (Å²) in [4.78, 5) is 0. The molecule has 0 spiro atoms. The Bertz CT molecular complexity index is 1620. The van der Waals surface area contributed by atoms with Gasteiger partial charge in [-0.2, -0.15) is 0 Å². The molecule has 0 fully saturated rings. The molecule has 34 heavy (non-hydrogen) atoms. The molecule has 0 unspecified atom stereocenters. The quantitative estimate of drug-likeness (QED) is 0.243. The first-order chi connectivity index (χ1) is 16.8. The molecule has 0 heterocycles. The average molecular weight is 433 g/mol. The maximum Gasteiger partial charge on any atom is -0.0105 e. The molecule has 0 saturated carbocycles. The predicted molar refractivity (Wildman–Crippen MR) is 147 cm³/mol. The number of hydrogen-bond donors (Lipinski definition) is 0. The van der Waals surface area contributed by atoms with Crippen molar-refractivity contribution in [1.82, 2.24) is 0 Å². The molecule has 0 amide bonds. The molecular weight excluding hydrogens is 408 g/mol. The van der Waals surface area contributed by atoms with E-state index >= 15 is 0 Å². The van der Waals surface area contributed by atoms with Gasteiger partial charge in [-0.3, -0.25) is 0 Å². The zero-order valence-electron chi connectivity index (χ0n) is 18.9. The summed E-state index contributed by atoms with van der Waals surface area (Å²) in [6.45, 7) is 0. The van der Waals surface area contributed by atoms with Crippen LogP contribution in [0.3, 0.4) is 0 Å². The van der Waals surface area contributed by atoms with E-state index in [0.717, 1.165) is 0 Å². The zero-order chi connectivity index (χ0) is 22.7. The second-order valence-corrected chi connectivity index (χ2v) is 8.67. The van der Waals surface area contributed by atoms with Gasteiger partial charge in [-0.15, -0.1) is 0 Å². The summed E-state index contributed by atoms with van der Waals surface area (Å²) >= 11 is 0. The van der Waals surface area contributed by atoms with Crippen molar-refractivity contribution in [3.05, 3.63) is 156 Å². The Morgan fingerprint density at radius 3 is 1.65 bits per heavy atom. The third-order valence-electron chi connectivity index (χ3n) is 6.45. The fourth-order valence-corrected chi connectivity index (χ4v) is 4.62. The topological polar surface area (TPSA) is 0 Å². The molecule has 0 N–H and O–H groups in total. The van der Waals surface area contributed by atoms with E-state index in [1.807, 2.05) is 0 Å². The Morgan fingerprint density at radius 1 is 0.382 bits per heavy atom. The largest absolute Gasteiger partial charge is 0.0622 e. The van der Waals surface area contributed by atoms with Gasteiger partial charge < -0.3 is 0 Å². The molecule has 6 rings (SSSR count). The first-order valence-electron chi connectivity index (χ1n) is 11.7. The van der Waals surface area contributed by atoms with Crippen LogP contribution in [0, 0.1) is 0 Å². The molecule has 0 bridgehead atoms. The van der Waals surface area contributed by atoms with E-state index in [9.17, 15) is 0 Å². The molecule has 0 nitrogen and oxygen atoms in total. The van der Waals surface area contributed by atoms with Gasteiger partial charge in [0.15, 0.2) is 0 Å². The fraction of sp³-hybridized carbons (Fsp3) is 0. The zero-order valence-corrected chi connectivity index (χ0v) is 18.9. The third-order valence-corrected chi connectivity index (χ3v) is 6.45. The highest BCUT2D eigenvalue weighted by Gasteiger charge is 2.07. The van der Waals surface area contributed by atoms with Gasteiger partial charge in [0.1, 0.15) is 0 Å². The highest BCUT2D eigenvalue weighted by Crippen LogP contribution is 2.30. The van der Waals surface area contributed by atoms with E-state index in [1.54, 1.807) is 0 Å². The minimum Gasteiger partial charge on any atom is -0.0622 e. The molecule has 0 heteroatoms. The summed E-state index contributed by atoms with van der Waals surface area (Å²) < 4.78 is 0. The van der Waals surface area contributed by atoms with Crippen LogP contribution in [0.4, 0.5) is 0 Å². The van der Waals surface area contributed by atoms with Crippen molar-refractivity contribution in [1.29, 1.82) is 0 Å². The SMILES string of the molecule is C(=C(c1ccccc1)c1ccc2ccccc2c1)c1ccc(-c2ccc3ccccc3c2)cc1. The molecule has 0 aliphatic rings. The molecular formula is C34H24. The normalized spacial score (nSPS) is 11.7. The van der Waals surface area contributed by atoms with Crippen LogP contribution in [0.15, 0.2) is 140 Å². The highest BCUT2D eigenvalue weighted by molar-refractivity contribution is 5.95. The molecule has 6 aromatic carbocycles. The Labute approximate surface area is 200 Å². The van der Waals surface area contributed by atoms with Gasteiger partial charge >= 0.3 is 0 Å². The predicted octanol–water partition coefficient (Wildman–Crippen LogP) is 9.25. The minimum absolute atomic E-state index is 1.19. The van der Waals surface area contributed by atoms with E-state index in [2.05, 4.69) is 146 Å². The number of hydrogen-bond acceptors (Lipinski definition) is 0. The number of rotatable bonds is 4. The maximum absolute atomic E-state index is 2.30. The lowest BCUT2D eigenvalue weighted by atomic mass is 9.93. The van der Waals surface area contributed by atoms with Gasteiger partial charge in [-0.1, -0.05) is 127 Å². The van der Waals surface area contributed by atoms with E-state index in [1.165, 1.54) is 54.9 Å². The van der Waals surface area contributed by atoms with Crippen molar-refractivity contribution in [2.24, 2.45) is 0 Å². The third kappa shape index (κ3) is 4.02. The van der Waals surface area contributed by atoms with Crippen molar-refractivity contribution < 1.29 is 0 Å². The number of benzene rings is 6. The van der Waals surface area contributed by atoms with Crippen LogP contribution in [0.1, 0.15) is 16.7 Å². The van der Waals surface area contributed by atoms with Gasteiger partial charge in [0, 0.05) is 0 Å². The smallest absolute Gasteiger partial charge is 0.0105 e. The van der Waals surface area contributed by atoms with Crippen LogP contribution in [0.2, 0.25) is 0 Å². The lowest BCUT2D eigenvalue weighted by molar-refractivity contribution is 1.56. The highest BCUT2D eigenvalue weighted by atomic mass is 14.1. The molecule has 0 aliphatic heterocycles. The van der Waals surface area contributed by atoms with Crippen LogP contribution in [0.25, 0.3) is 44.3 Å². The van der Waals surface area contributed by atoms with Crippen LogP contribution in [-0.4, -0.2) is 0 Å². The Morgan fingerprint density at radius 2 is 0.941 bits per heavy atom. The minimum atomic E-state index is 1.19. The van der Waals surface area contributed by atoms with Gasteiger partial charge in [-0.05, 0) is 73.1 Å². The van der Waals surface area contributed by atoms with E-state index in [4.69, 9.17) is 0 Å². The van der Waals surface area contributed by atoms with Crippen LogP contribution in [-0.2, 0) is 0 Å². The van der Waals surface area contributed by atoms with Crippen LogP contribution >= 0.6 is 0 Å². The fourth-order valence-electron chi connectivity index (χ4n) is 4.62. The van der Waals surface area contributed by atoms with Crippen molar-refractivity contribution in [2.45, 2.75) is 0 Å². The van der Waals surface area contributed by atoms with Gasteiger partial charge in [0.2, 0.25) is 0 Å². The lowest BCUT2D eigenvalue weighted by Crippen LogP contribution is -1.89. The van der Waals surface area contributed by atoms with Crippen molar-refractivity contribution in [2.75, 3.05) is 0 Å². The Balaban J connectivity index is 1.40. The van der Waals surface area contributed by atoms with Crippen LogP contribution in [0.5, 0.6) is 0 Å². The second-order valence-electron chi connectivity index (χ2n) is 8.67. The van der Waals surface area contributed by atoms with Gasteiger partial charge in [-0.25, -0.2) is 0 Å². The maximum atomic E-state index is 2.30. The molecule has 0 atom stereocenters. The van der Waals surface area contributed by atoms with Crippen molar-refractivity contribution in [3.63, 3.8) is 0 Å². The number of fused-ring (bicyclic) bond motifs is 2. The lowest BCUT2D eigenvalue weighted by Gasteiger charge is -2.11. The van der Waals surface area contributed by atoms with Crippen molar-refractivity contribution >= 4 is 33.2 Å². The van der Waals surface area contributed by atoms with E-state index < -0.39 is 0 Å². The summed E-state index contributed by atoms with van der Waals surface area (Å²) in [6.07, 6.45) is 2.30.